The van der Waals surface area contributed by atoms with Gasteiger partial charge in [-0.25, -0.2) is 4.79 Å². The Morgan fingerprint density at radius 3 is 2.70 bits per heavy atom. The van der Waals surface area contributed by atoms with Gasteiger partial charge in [0, 0.05) is 20.9 Å². The number of cyclic esters (lactones) is 1. The number of carbonyl (C=O) groups excluding carboxylic acids is 1. The lowest BCUT2D eigenvalue weighted by molar-refractivity contribution is 0.0535. The number of hydrogen-bond acceptors (Lipinski definition) is 4. The second kappa shape index (κ2) is 5.56. The van der Waals surface area contributed by atoms with Crippen LogP contribution in [0.1, 0.15) is 15.9 Å². The standard InChI is InChI=1S/C19H14O3S/c1-21-16-5-3-2-4-15(16)18-9-8-17(23-18)12-6-7-14-13(10-12)11-22-19(14)20/h2-10H,11H2,1H3. The van der Waals surface area contributed by atoms with Crippen LogP contribution < -0.4 is 4.74 Å². The van der Waals surface area contributed by atoms with Gasteiger partial charge in [0.1, 0.15) is 12.4 Å². The van der Waals surface area contributed by atoms with Crippen molar-refractivity contribution in [3.8, 4) is 26.6 Å². The molecule has 0 N–H and O–H groups in total. The summed E-state index contributed by atoms with van der Waals surface area (Å²) in [6.45, 7) is 0.368. The van der Waals surface area contributed by atoms with Gasteiger partial charge < -0.3 is 9.47 Å². The summed E-state index contributed by atoms with van der Waals surface area (Å²) in [4.78, 5) is 13.9. The molecule has 1 aliphatic heterocycles. The first-order valence-corrected chi connectivity index (χ1v) is 8.11. The fourth-order valence-corrected chi connectivity index (χ4v) is 3.81. The maximum absolute atomic E-state index is 11.5. The van der Waals surface area contributed by atoms with Gasteiger partial charge in [0.2, 0.25) is 0 Å². The van der Waals surface area contributed by atoms with Crippen LogP contribution >= 0.6 is 11.3 Å². The van der Waals surface area contributed by atoms with Crippen molar-refractivity contribution in [2.45, 2.75) is 6.61 Å². The molecule has 1 aromatic heterocycles. The van der Waals surface area contributed by atoms with E-state index in [2.05, 4.69) is 18.2 Å². The number of benzene rings is 2. The predicted molar refractivity (Wildman–Crippen MR) is 90.9 cm³/mol. The number of carbonyl (C=O) groups is 1. The third-order valence-corrected chi connectivity index (χ3v) is 5.11. The lowest BCUT2D eigenvalue weighted by atomic mass is 10.1. The fourth-order valence-electron chi connectivity index (χ4n) is 2.77. The molecule has 0 unspecified atom stereocenters. The van der Waals surface area contributed by atoms with Gasteiger partial charge in [-0.3, -0.25) is 0 Å². The lowest BCUT2D eigenvalue weighted by Gasteiger charge is -2.05. The van der Waals surface area contributed by atoms with E-state index in [-0.39, 0.29) is 5.97 Å². The molecule has 4 rings (SSSR count). The Labute approximate surface area is 138 Å². The van der Waals surface area contributed by atoms with E-state index in [1.165, 1.54) is 0 Å². The number of esters is 1. The van der Waals surface area contributed by atoms with Crippen LogP contribution in [-0.4, -0.2) is 13.1 Å². The van der Waals surface area contributed by atoms with Gasteiger partial charge in [0.25, 0.3) is 0 Å². The zero-order valence-electron chi connectivity index (χ0n) is 12.5. The Kier molecular flexibility index (Phi) is 3.39. The summed E-state index contributed by atoms with van der Waals surface area (Å²) < 4.78 is 10.5. The Morgan fingerprint density at radius 2 is 1.83 bits per heavy atom. The maximum atomic E-state index is 11.5. The highest BCUT2D eigenvalue weighted by Gasteiger charge is 2.21. The predicted octanol–water partition coefficient (Wildman–Crippen LogP) is 4.76. The van der Waals surface area contributed by atoms with Crippen LogP contribution in [0.3, 0.4) is 0 Å². The molecule has 2 heterocycles. The van der Waals surface area contributed by atoms with Crippen molar-refractivity contribution in [3.05, 3.63) is 65.7 Å². The number of ether oxygens (including phenoxy) is 2. The van der Waals surface area contributed by atoms with Gasteiger partial charge in [0.05, 0.1) is 12.7 Å². The molecule has 0 atom stereocenters. The number of methoxy groups -OCH3 is 1. The monoisotopic (exact) mass is 322 g/mol. The van der Waals surface area contributed by atoms with Crippen LogP contribution in [0.5, 0.6) is 5.75 Å². The summed E-state index contributed by atoms with van der Waals surface area (Å²) in [6.07, 6.45) is 0. The molecule has 4 heteroatoms. The molecule has 0 saturated heterocycles. The normalized spacial score (nSPS) is 12.8. The molecule has 1 aliphatic rings. The largest absolute Gasteiger partial charge is 0.496 e. The highest BCUT2D eigenvalue weighted by molar-refractivity contribution is 7.18. The van der Waals surface area contributed by atoms with Crippen molar-refractivity contribution in [2.24, 2.45) is 0 Å². The summed E-state index contributed by atoms with van der Waals surface area (Å²) >= 11 is 1.71. The van der Waals surface area contributed by atoms with E-state index in [1.54, 1.807) is 18.4 Å². The van der Waals surface area contributed by atoms with Crippen LogP contribution in [0, 0.1) is 0 Å². The quantitative estimate of drug-likeness (QED) is 0.652. The summed E-state index contributed by atoms with van der Waals surface area (Å²) in [7, 11) is 1.69. The minimum atomic E-state index is -0.229. The smallest absolute Gasteiger partial charge is 0.338 e. The van der Waals surface area contributed by atoms with Crippen LogP contribution in [0.2, 0.25) is 0 Å². The molecule has 0 bridgehead atoms. The summed E-state index contributed by atoms with van der Waals surface area (Å²) in [5, 5.41) is 0. The number of thiophene rings is 1. The van der Waals surface area contributed by atoms with E-state index in [1.807, 2.05) is 36.4 Å². The Morgan fingerprint density at radius 1 is 1.00 bits per heavy atom. The van der Waals surface area contributed by atoms with Gasteiger partial charge in [0.15, 0.2) is 0 Å². The van der Waals surface area contributed by atoms with E-state index in [4.69, 9.17) is 9.47 Å². The van der Waals surface area contributed by atoms with E-state index in [0.717, 1.165) is 32.2 Å². The second-order valence-electron chi connectivity index (χ2n) is 5.31. The molecule has 0 saturated carbocycles. The number of hydrogen-bond donors (Lipinski definition) is 0. The summed E-state index contributed by atoms with van der Waals surface area (Å²) in [5.41, 5.74) is 3.83. The van der Waals surface area contributed by atoms with E-state index >= 15 is 0 Å². The molecule has 3 aromatic rings. The first kappa shape index (κ1) is 14.0. The molecule has 0 radical (unpaired) electrons. The topological polar surface area (TPSA) is 35.5 Å². The van der Waals surface area contributed by atoms with Crippen LogP contribution in [0.15, 0.2) is 54.6 Å². The zero-order chi connectivity index (χ0) is 15.8. The summed E-state index contributed by atoms with van der Waals surface area (Å²) in [6, 6.07) is 18.1. The Balaban J connectivity index is 1.73. The van der Waals surface area contributed by atoms with Gasteiger partial charge >= 0.3 is 5.97 Å². The van der Waals surface area contributed by atoms with Crippen molar-refractivity contribution < 1.29 is 14.3 Å². The highest BCUT2D eigenvalue weighted by Crippen LogP contribution is 2.39. The molecule has 0 spiro atoms. The third-order valence-electron chi connectivity index (χ3n) is 3.95. The van der Waals surface area contributed by atoms with Crippen LogP contribution in [0.25, 0.3) is 20.9 Å². The molecule has 0 amide bonds. The van der Waals surface area contributed by atoms with E-state index in [9.17, 15) is 4.79 Å². The molecule has 23 heavy (non-hydrogen) atoms. The zero-order valence-corrected chi connectivity index (χ0v) is 13.4. The lowest BCUT2D eigenvalue weighted by Crippen LogP contribution is -1.92. The van der Waals surface area contributed by atoms with Crippen molar-refractivity contribution in [1.82, 2.24) is 0 Å². The number of rotatable bonds is 3. The van der Waals surface area contributed by atoms with Gasteiger partial charge in [-0.1, -0.05) is 18.2 Å². The molecule has 2 aromatic carbocycles. The van der Waals surface area contributed by atoms with Crippen molar-refractivity contribution >= 4 is 17.3 Å². The second-order valence-corrected chi connectivity index (χ2v) is 6.40. The van der Waals surface area contributed by atoms with Crippen LogP contribution in [-0.2, 0) is 11.3 Å². The molecule has 114 valence electrons. The minimum Gasteiger partial charge on any atom is -0.496 e. The Hall–Kier alpha value is -2.59. The van der Waals surface area contributed by atoms with E-state index in [0.29, 0.717) is 12.2 Å². The van der Waals surface area contributed by atoms with Crippen molar-refractivity contribution in [3.63, 3.8) is 0 Å². The van der Waals surface area contributed by atoms with Gasteiger partial charge in [-0.05, 0) is 42.0 Å². The number of para-hydroxylation sites is 1. The maximum Gasteiger partial charge on any atom is 0.338 e. The fraction of sp³-hybridized carbons (Fsp3) is 0.105. The molecule has 0 aliphatic carbocycles. The average molecular weight is 322 g/mol. The van der Waals surface area contributed by atoms with Gasteiger partial charge in [-0.15, -0.1) is 11.3 Å². The van der Waals surface area contributed by atoms with Crippen molar-refractivity contribution in [2.75, 3.05) is 7.11 Å². The summed E-state index contributed by atoms with van der Waals surface area (Å²) in [5.74, 6) is 0.640. The minimum absolute atomic E-state index is 0.229. The molecule has 0 fully saturated rings. The molecule has 3 nitrogen and oxygen atoms in total. The number of fused-ring (bicyclic) bond motifs is 1. The first-order chi connectivity index (χ1) is 11.3. The van der Waals surface area contributed by atoms with E-state index < -0.39 is 0 Å². The van der Waals surface area contributed by atoms with Crippen molar-refractivity contribution in [1.29, 1.82) is 0 Å². The first-order valence-electron chi connectivity index (χ1n) is 7.30. The third kappa shape index (κ3) is 2.41. The molecular formula is C19H14O3S. The average Bonchev–Trinajstić information content (AvgIpc) is 3.22. The highest BCUT2D eigenvalue weighted by atomic mass is 32.1. The molecular weight excluding hydrogens is 308 g/mol. The van der Waals surface area contributed by atoms with Crippen LogP contribution in [0.4, 0.5) is 0 Å². The Bertz CT molecular complexity index is 895. The SMILES string of the molecule is COc1ccccc1-c1ccc(-c2ccc3c(c2)COC3=O)s1. The van der Waals surface area contributed by atoms with Gasteiger partial charge in [-0.2, -0.15) is 0 Å².